The Bertz CT molecular complexity index is 995. The number of aromatic nitrogens is 2. The second-order valence-corrected chi connectivity index (χ2v) is 11.3. The first-order valence-electron chi connectivity index (χ1n) is 11.8. The van der Waals surface area contributed by atoms with E-state index in [0.29, 0.717) is 24.3 Å². The number of fused-ring (bicyclic) bond motifs is 3. The van der Waals surface area contributed by atoms with Gasteiger partial charge in [0.25, 0.3) is 5.56 Å². The highest BCUT2D eigenvalue weighted by Crippen LogP contribution is 2.41. The molecule has 1 aliphatic heterocycles. The summed E-state index contributed by atoms with van der Waals surface area (Å²) in [7, 11) is 0. The van der Waals surface area contributed by atoms with E-state index in [9.17, 15) is 9.59 Å². The monoisotopic (exact) mass is 444 g/mol. The number of aromatic amines is 1. The number of thiophene rings is 1. The highest BCUT2D eigenvalue weighted by Gasteiger charge is 2.31. The molecule has 1 fully saturated rings. The number of nitrogens with zero attached hydrogens (tertiary/aromatic N) is 3. The number of H-pyrrole nitrogens is 1. The zero-order valence-corrected chi connectivity index (χ0v) is 20.2. The molecule has 1 N–H and O–H groups in total. The molecule has 6 nitrogen and oxygen atoms in total. The number of hydrogen-bond acceptors (Lipinski definition) is 5. The predicted octanol–water partition coefficient (Wildman–Crippen LogP) is 3.97. The highest BCUT2D eigenvalue weighted by atomic mass is 32.1. The Kier molecular flexibility index (Phi) is 6.54. The summed E-state index contributed by atoms with van der Waals surface area (Å²) in [6.07, 6.45) is 5.85. The second-order valence-electron chi connectivity index (χ2n) is 10.3. The fourth-order valence-electron chi connectivity index (χ4n) is 4.90. The summed E-state index contributed by atoms with van der Waals surface area (Å²) in [4.78, 5) is 39.6. The lowest BCUT2D eigenvalue weighted by Crippen LogP contribution is -2.48. The van der Waals surface area contributed by atoms with Gasteiger partial charge in [-0.3, -0.25) is 14.5 Å². The van der Waals surface area contributed by atoms with Gasteiger partial charge in [-0.2, -0.15) is 0 Å². The van der Waals surface area contributed by atoms with E-state index in [1.54, 1.807) is 11.3 Å². The lowest BCUT2D eigenvalue weighted by molar-refractivity contribution is -0.133. The van der Waals surface area contributed by atoms with Crippen LogP contribution in [0.5, 0.6) is 0 Å². The van der Waals surface area contributed by atoms with E-state index in [2.05, 4.69) is 37.6 Å². The summed E-state index contributed by atoms with van der Waals surface area (Å²) in [5.74, 6) is 1.67. The van der Waals surface area contributed by atoms with Gasteiger partial charge < -0.3 is 9.88 Å². The molecule has 0 spiro atoms. The number of carbonyl (C=O) groups is 1. The van der Waals surface area contributed by atoms with Gasteiger partial charge in [0.2, 0.25) is 5.91 Å². The van der Waals surface area contributed by atoms with Crippen molar-refractivity contribution in [2.24, 2.45) is 11.3 Å². The molecule has 2 aliphatic rings. The SMILES string of the molecule is CCCCC(=O)N1CCN(Cc2nc3sc4c(c3c(=O)[nH]2)CCC(C(C)(C)C)C4)CC1. The zero-order chi connectivity index (χ0) is 22.2. The van der Waals surface area contributed by atoms with Crippen LogP contribution in [0.15, 0.2) is 4.79 Å². The normalized spacial score (nSPS) is 20.3. The minimum absolute atomic E-state index is 0.0140. The molecule has 31 heavy (non-hydrogen) atoms. The van der Waals surface area contributed by atoms with Crippen molar-refractivity contribution in [1.29, 1.82) is 0 Å². The molecule has 1 aliphatic carbocycles. The van der Waals surface area contributed by atoms with Crippen molar-refractivity contribution in [3.8, 4) is 0 Å². The number of piperazine rings is 1. The number of carbonyl (C=O) groups excluding carboxylic acids is 1. The molecule has 4 rings (SSSR count). The highest BCUT2D eigenvalue weighted by molar-refractivity contribution is 7.18. The van der Waals surface area contributed by atoms with Gasteiger partial charge in [-0.05, 0) is 42.6 Å². The lowest BCUT2D eigenvalue weighted by Gasteiger charge is -2.34. The first kappa shape index (κ1) is 22.5. The molecule has 2 aromatic rings. The number of unbranched alkanes of at least 4 members (excludes halogenated alkanes) is 1. The van der Waals surface area contributed by atoms with Gasteiger partial charge in [-0.15, -0.1) is 11.3 Å². The van der Waals surface area contributed by atoms with Crippen LogP contribution in [0, 0.1) is 11.3 Å². The first-order chi connectivity index (χ1) is 14.8. The van der Waals surface area contributed by atoms with Crippen LogP contribution in [0.3, 0.4) is 0 Å². The van der Waals surface area contributed by atoms with Crippen molar-refractivity contribution in [1.82, 2.24) is 19.8 Å². The molecule has 2 aromatic heterocycles. The smallest absolute Gasteiger partial charge is 0.259 e. The van der Waals surface area contributed by atoms with Crippen LogP contribution in [-0.2, 0) is 24.2 Å². The molecule has 7 heteroatoms. The van der Waals surface area contributed by atoms with E-state index in [1.807, 2.05) is 4.90 Å². The zero-order valence-electron chi connectivity index (χ0n) is 19.4. The topological polar surface area (TPSA) is 69.3 Å². The van der Waals surface area contributed by atoms with E-state index >= 15 is 0 Å². The van der Waals surface area contributed by atoms with Gasteiger partial charge in [0.05, 0.1) is 11.9 Å². The van der Waals surface area contributed by atoms with Gasteiger partial charge in [-0.1, -0.05) is 34.1 Å². The van der Waals surface area contributed by atoms with E-state index in [1.165, 1.54) is 10.4 Å². The van der Waals surface area contributed by atoms with E-state index < -0.39 is 0 Å². The van der Waals surface area contributed by atoms with Crippen LogP contribution >= 0.6 is 11.3 Å². The third-order valence-electron chi connectivity index (χ3n) is 7.04. The molecule has 0 bridgehead atoms. The summed E-state index contributed by atoms with van der Waals surface area (Å²) in [6, 6.07) is 0. The Morgan fingerprint density at radius 2 is 1.97 bits per heavy atom. The average Bonchev–Trinajstić information content (AvgIpc) is 3.10. The van der Waals surface area contributed by atoms with Crippen LogP contribution in [0.1, 0.15) is 69.6 Å². The standard InChI is InChI=1S/C24H36N4O2S/c1-5-6-7-20(29)28-12-10-27(11-13-28)15-19-25-22(30)21-17-9-8-16(24(2,3)4)14-18(17)31-23(21)26-19/h16H,5-15H2,1-4H3,(H,25,26,30). The summed E-state index contributed by atoms with van der Waals surface area (Å²) < 4.78 is 0. The van der Waals surface area contributed by atoms with E-state index in [0.717, 1.165) is 74.3 Å². The fourth-order valence-corrected chi connectivity index (χ4v) is 6.21. The van der Waals surface area contributed by atoms with Gasteiger partial charge in [0, 0.05) is 37.5 Å². The molecule has 170 valence electrons. The summed E-state index contributed by atoms with van der Waals surface area (Å²) in [5.41, 5.74) is 1.54. The Morgan fingerprint density at radius 3 is 2.65 bits per heavy atom. The molecular weight excluding hydrogens is 408 g/mol. The van der Waals surface area contributed by atoms with Crippen LogP contribution in [0.2, 0.25) is 0 Å². The quantitative estimate of drug-likeness (QED) is 0.758. The van der Waals surface area contributed by atoms with E-state index in [4.69, 9.17) is 4.98 Å². The van der Waals surface area contributed by atoms with Gasteiger partial charge in [-0.25, -0.2) is 4.98 Å². The summed E-state index contributed by atoms with van der Waals surface area (Å²) >= 11 is 1.72. The van der Waals surface area contributed by atoms with Crippen molar-refractivity contribution in [2.75, 3.05) is 26.2 Å². The molecule has 0 aromatic carbocycles. The van der Waals surface area contributed by atoms with Crippen molar-refractivity contribution in [3.63, 3.8) is 0 Å². The third kappa shape index (κ3) is 4.87. The average molecular weight is 445 g/mol. The maximum absolute atomic E-state index is 12.9. The van der Waals surface area contributed by atoms with Crippen molar-refractivity contribution in [2.45, 2.75) is 72.8 Å². The largest absolute Gasteiger partial charge is 0.340 e. The third-order valence-corrected chi connectivity index (χ3v) is 8.18. The number of nitrogens with one attached hydrogen (secondary N) is 1. The maximum Gasteiger partial charge on any atom is 0.259 e. The summed E-state index contributed by atoms with van der Waals surface area (Å²) in [5, 5.41) is 0.822. The van der Waals surface area contributed by atoms with E-state index in [-0.39, 0.29) is 11.5 Å². The molecule has 1 saturated heterocycles. The first-order valence-corrected chi connectivity index (χ1v) is 12.6. The van der Waals surface area contributed by atoms with Gasteiger partial charge in [0.1, 0.15) is 10.7 Å². The number of rotatable bonds is 5. The molecule has 1 atom stereocenters. The molecule has 1 amide bonds. The Labute approximate surface area is 189 Å². The Morgan fingerprint density at radius 1 is 1.23 bits per heavy atom. The maximum atomic E-state index is 12.9. The summed E-state index contributed by atoms with van der Waals surface area (Å²) in [6.45, 7) is 12.9. The second kappa shape index (κ2) is 9.02. The number of hydrogen-bond donors (Lipinski definition) is 1. The van der Waals surface area contributed by atoms with Crippen LogP contribution in [0.25, 0.3) is 10.2 Å². The molecule has 0 radical (unpaired) electrons. The Balaban J connectivity index is 1.45. The molecular formula is C24H36N4O2S. The van der Waals surface area contributed by atoms with Crippen molar-refractivity contribution in [3.05, 3.63) is 26.6 Å². The van der Waals surface area contributed by atoms with Crippen molar-refractivity contribution < 1.29 is 4.79 Å². The van der Waals surface area contributed by atoms with Crippen molar-refractivity contribution >= 4 is 27.5 Å². The fraction of sp³-hybridized carbons (Fsp3) is 0.708. The number of amides is 1. The van der Waals surface area contributed by atoms with Crippen LogP contribution in [-0.4, -0.2) is 51.9 Å². The lowest BCUT2D eigenvalue weighted by atomic mass is 9.72. The Hall–Kier alpha value is -1.73. The molecule has 3 heterocycles. The molecule has 0 saturated carbocycles. The van der Waals surface area contributed by atoms with Crippen LogP contribution in [0.4, 0.5) is 0 Å². The minimum Gasteiger partial charge on any atom is -0.340 e. The van der Waals surface area contributed by atoms with Gasteiger partial charge in [0.15, 0.2) is 0 Å². The molecule has 1 unspecified atom stereocenters. The minimum atomic E-state index is 0.0140. The van der Waals surface area contributed by atoms with Gasteiger partial charge >= 0.3 is 0 Å². The van der Waals surface area contributed by atoms with Crippen LogP contribution < -0.4 is 5.56 Å². The predicted molar refractivity (Wildman–Crippen MR) is 127 cm³/mol. The number of aryl methyl sites for hydroxylation is 1.